The van der Waals surface area contributed by atoms with Crippen LogP contribution in [-0.2, 0) is 16.4 Å². The Morgan fingerprint density at radius 3 is 2.71 bits per heavy atom. The topological polar surface area (TPSA) is 64.0 Å². The number of rotatable bonds is 5. The number of anilines is 1. The SMILES string of the molecule is CCn1cc(C(C)Nc2cc(S(C)(=O)=O)ccc2F)cn1. The first-order chi connectivity index (χ1) is 9.81. The van der Waals surface area contributed by atoms with Crippen LogP contribution in [0.25, 0.3) is 0 Å². The number of aromatic nitrogens is 2. The van der Waals surface area contributed by atoms with Crippen molar-refractivity contribution in [1.82, 2.24) is 9.78 Å². The molecule has 0 aliphatic carbocycles. The highest BCUT2D eigenvalue weighted by atomic mass is 32.2. The van der Waals surface area contributed by atoms with Crippen molar-refractivity contribution in [3.63, 3.8) is 0 Å². The lowest BCUT2D eigenvalue weighted by molar-refractivity contribution is 0.600. The summed E-state index contributed by atoms with van der Waals surface area (Å²) in [4.78, 5) is 0.0860. The molecule has 5 nitrogen and oxygen atoms in total. The molecule has 0 amide bonds. The van der Waals surface area contributed by atoms with Gasteiger partial charge in [0.05, 0.1) is 22.8 Å². The van der Waals surface area contributed by atoms with E-state index in [1.165, 1.54) is 12.1 Å². The summed E-state index contributed by atoms with van der Waals surface area (Å²) >= 11 is 0. The molecule has 1 atom stereocenters. The molecule has 0 saturated heterocycles. The first-order valence-electron chi connectivity index (χ1n) is 6.59. The molecular weight excluding hydrogens is 293 g/mol. The standard InChI is InChI=1S/C14H18FN3O2S/c1-4-18-9-11(8-16-18)10(2)17-14-7-12(21(3,19)20)5-6-13(14)15/h5-10,17H,4H2,1-3H3. The maximum absolute atomic E-state index is 13.8. The van der Waals surface area contributed by atoms with Gasteiger partial charge in [-0.15, -0.1) is 0 Å². The molecule has 0 aliphatic rings. The highest BCUT2D eigenvalue weighted by molar-refractivity contribution is 7.90. The van der Waals surface area contributed by atoms with E-state index in [9.17, 15) is 12.8 Å². The van der Waals surface area contributed by atoms with E-state index in [2.05, 4.69) is 10.4 Å². The van der Waals surface area contributed by atoms with E-state index in [1.54, 1.807) is 10.9 Å². The molecule has 1 aromatic heterocycles. The van der Waals surface area contributed by atoms with Crippen molar-refractivity contribution in [2.45, 2.75) is 31.3 Å². The molecule has 1 aromatic carbocycles. The summed E-state index contributed by atoms with van der Waals surface area (Å²) in [5.74, 6) is -0.489. The van der Waals surface area contributed by atoms with E-state index in [4.69, 9.17) is 0 Å². The Kier molecular flexibility index (Phi) is 4.32. The molecule has 114 valence electrons. The molecule has 0 bridgehead atoms. The van der Waals surface area contributed by atoms with Gasteiger partial charge in [0.25, 0.3) is 0 Å². The maximum Gasteiger partial charge on any atom is 0.175 e. The maximum atomic E-state index is 13.8. The number of benzene rings is 1. The minimum atomic E-state index is -3.37. The van der Waals surface area contributed by atoms with Gasteiger partial charge >= 0.3 is 0 Å². The van der Waals surface area contributed by atoms with E-state index >= 15 is 0 Å². The first-order valence-corrected chi connectivity index (χ1v) is 8.49. The third-order valence-corrected chi connectivity index (χ3v) is 4.33. The van der Waals surface area contributed by atoms with Crippen LogP contribution in [0.1, 0.15) is 25.5 Å². The zero-order valence-electron chi connectivity index (χ0n) is 12.2. The van der Waals surface area contributed by atoms with Gasteiger partial charge in [-0.25, -0.2) is 12.8 Å². The molecular formula is C14H18FN3O2S. The van der Waals surface area contributed by atoms with Crippen LogP contribution < -0.4 is 5.32 Å². The molecule has 2 rings (SSSR count). The van der Waals surface area contributed by atoms with Crippen molar-refractivity contribution >= 4 is 15.5 Å². The number of nitrogens with one attached hydrogen (secondary N) is 1. The van der Waals surface area contributed by atoms with Crippen molar-refractivity contribution in [3.05, 3.63) is 42.0 Å². The Balaban J connectivity index is 2.26. The summed E-state index contributed by atoms with van der Waals surface area (Å²) in [5.41, 5.74) is 1.07. The van der Waals surface area contributed by atoms with Gasteiger partial charge < -0.3 is 5.32 Å². The van der Waals surface area contributed by atoms with Gasteiger partial charge in [-0.3, -0.25) is 4.68 Å². The molecule has 0 saturated carbocycles. The largest absolute Gasteiger partial charge is 0.376 e. The summed E-state index contributed by atoms with van der Waals surface area (Å²) in [6.07, 6.45) is 4.67. The summed E-state index contributed by atoms with van der Waals surface area (Å²) in [7, 11) is -3.37. The predicted molar refractivity (Wildman–Crippen MR) is 79.4 cm³/mol. The normalized spacial score (nSPS) is 13.1. The van der Waals surface area contributed by atoms with Crippen molar-refractivity contribution in [1.29, 1.82) is 0 Å². The van der Waals surface area contributed by atoms with Crippen LogP contribution in [-0.4, -0.2) is 24.5 Å². The van der Waals surface area contributed by atoms with Crippen molar-refractivity contribution in [2.24, 2.45) is 0 Å². The van der Waals surface area contributed by atoms with Crippen LogP contribution in [0.3, 0.4) is 0 Å². The zero-order chi connectivity index (χ0) is 15.6. The molecule has 0 aliphatic heterocycles. The van der Waals surface area contributed by atoms with Crippen LogP contribution in [0.4, 0.5) is 10.1 Å². The molecule has 1 N–H and O–H groups in total. The molecule has 2 aromatic rings. The Hall–Kier alpha value is -1.89. The lowest BCUT2D eigenvalue weighted by atomic mass is 10.2. The average molecular weight is 311 g/mol. The molecule has 1 unspecified atom stereocenters. The number of aryl methyl sites for hydroxylation is 1. The Bertz CT molecular complexity index is 740. The van der Waals surface area contributed by atoms with E-state index < -0.39 is 15.7 Å². The van der Waals surface area contributed by atoms with Gasteiger partial charge in [0, 0.05) is 24.6 Å². The first kappa shape index (κ1) is 15.5. The van der Waals surface area contributed by atoms with Gasteiger partial charge in [-0.05, 0) is 32.0 Å². The highest BCUT2D eigenvalue weighted by Crippen LogP contribution is 2.24. The zero-order valence-corrected chi connectivity index (χ0v) is 13.0. The summed E-state index contributed by atoms with van der Waals surface area (Å²) in [5, 5.41) is 7.15. The molecule has 0 radical (unpaired) electrons. The van der Waals surface area contributed by atoms with Crippen LogP contribution in [0, 0.1) is 5.82 Å². The average Bonchev–Trinajstić information content (AvgIpc) is 2.88. The third-order valence-electron chi connectivity index (χ3n) is 3.22. The minimum Gasteiger partial charge on any atom is -0.376 e. The quantitative estimate of drug-likeness (QED) is 0.862. The van der Waals surface area contributed by atoms with Crippen LogP contribution >= 0.6 is 0 Å². The lowest BCUT2D eigenvalue weighted by Crippen LogP contribution is -2.08. The number of halogens is 1. The second kappa shape index (κ2) is 5.85. The Morgan fingerprint density at radius 1 is 1.43 bits per heavy atom. The smallest absolute Gasteiger partial charge is 0.175 e. The van der Waals surface area contributed by atoms with E-state index in [0.29, 0.717) is 0 Å². The fourth-order valence-corrected chi connectivity index (χ4v) is 2.59. The van der Waals surface area contributed by atoms with Gasteiger partial charge in [0.15, 0.2) is 9.84 Å². The summed E-state index contributed by atoms with van der Waals surface area (Å²) < 4.78 is 38.7. The highest BCUT2D eigenvalue weighted by Gasteiger charge is 2.14. The third kappa shape index (κ3) is 3.60. The monoisotopic (exact) mass is 311 g/mol. The number of hydrogen-bond acceptors (Lipinski definition) is 4. The van der Waals surface area contributed by atoms with Crippen molar-refractivity contribution in [2.75, 3.05) is 11.6 Å². The van der Waals surface area contributed by atoms with Crippen LogP contribution in [0.2, 0.25) is 0 Å². The molecule has 7 heteroatoms. The summed E-state index contributed by atoms with van der Waals surface area (Å²) in [6, 6.07) is 3.54. The van der Waals surface area contributed by atoms with Crippen molar-refractivity contribution in [3.8, 4) is 0 Å². The van der Waals surface area contributed by atoms with Crippen LogP contribution in [0.15, 0.2) is 35.5 Å². The Morgan fingerprint density at radius 2 is 2.14 bits per heavy atom. The second-order valence-corrected chi connectivity index (χ2v) is 6.92. The molecule has 0 spiro atoms. The number of hydrogen-bond donors (Lipinski definition) is 1. The van der Waals surface area contributed by atoms with Gasteiger partial charge in [0.2, 0.25) is 0 Å². The van der Waals surface area contributed by atoms with Crippen LogP contribution in [0.5, 0.6) is 0 Å². The van der Waals surface area contributed by atoms with Gasteiger partial charge in [-0.1, -0.05) is 0 Å². The van der Waals surface area contributed by atoms with Crippen molar-refractivity contribution < 1.29 is 12.8 Å². The molecule has 1 heterocycles. The molecule has 21 heavy (non-hydrogen) atoms. The number of sulfone groups is 1. The minimum absolute atomic E-state index is 0.0860. The number of nitrogens with zero attached hydrogens (tertiary/aromatic N) is 2. The van der Waals surface area contributed by atoms with E-state index in [1.807, 2.05) is 20.0 Å². The fourth-order valence-electron chi connectivity index (χ4n) is 1.94. The predicted octanol–water partition coefficient (Wildman–Crippen LogP) is 2.62. The Labute approximate surface area is 123 Å². The summed E-state index contributed by atoms with van der Waals surface area (Å²) in [6.45, 7) is 4.60. The molecule has 0 fully saturated rings. The van der Waals surface area contributed by atoms with E-state index in [0.717, 1.165) is 24.4 Å². The lowest BCUT2D eigenvalue weighted by Gasteiger charge is -2.15. The second-order valence-electron chi connectivity index (χ2n) is 4.91. The van der Waals surface area contributed by atoms with Gasteiger partial charge in [-0.2, -0.15) is 5.10 Å². The van der Waals surface area contributed by atoms with Gasteiger partial charge in [0.1, 0.15) is 5.82 Å². The fraction of sp³-hybridized carbons (Fsp3) is 0.357. The van der Waals surface area contributed by atoms with E-state index in [-0.39, 0.29) is 16.6 Å².